The summed E-state index contributed by atoms with van der Waals surface area (Å²) in [4.78, 5) is 39.1. The van der Waals surface area contributed by atoms with E-state index in [1.54, 1.807) is 30.0 Å². The minimum atomic E-state index is -0.517. The lowest BCUT2D eigenvalue weighted by molar-refractivity contribution is -0.385. The van der Waals surface area contributed by atoms with E-state index in [1.807, 2.05) is 6.07 Å². The number of likely N-dealkylation sites (N-methyl/N-ethyl adjacent to an activating group) is 1. The van der Waals surface area contributed by atoms with Gasteiger partial charge in [-0.3, -0.25) is 25.0 Å². The van der Waals surface area contributed by atoms with Crippen molar-refractivity contribution >= 4 is 41.2 Å². The topological polar surface area (TPSA) is 110 Å². The first-order valence-corrected chi connectivity index (χ1v) is 13.0. The van der Waals surface area contributed by atoms with Crippen molar-refractivity contribution in [2.24, 2.45) is 0 Å². The standard InChI is InChI=1S/C23H28N4O5S2/c1-24-9-11-25(12-10-24)8-2-3-18-15-20(26(29)30)4-6-22(18)33-13-14-34-23-7-5-21(27(31)32)16-19(23)17-28/h4-7,15-17H,2-3,8-14H2,1H3. The van der Waals surface area contributed by atoms with Gasteiger partial charge in [0.2, 0.25) is 0 Å². The molecule has 0 spiro atoms. The third-order valence-corrected chi connectivity index (χ3v) is 8.17. The number of carbonyl (C=O) groups excluding carboxylic acids is 1. The number of nitro groups is 2. The SMILES string of the molecule is CN1CCN(CCCc2cc([N+](=O)[O-])ccc2SCCSc2ccc([N+](=O)[O-])cc2C=O)CC1. The van der Waals surface area contributed by atoms with Crippen LogP contribution in [0.4, 0.5) is 11.4 Å². The molecule has 1 fully saturated rings. The number of benzene rings is 2. The Morgan fingerprint density at radius 2 is 1.50 bits per heavy atom. The first kappa shape index (κ1) is 26.1. The molecule has 0 unspecified atom stereocenters. The Morgan fingerprint density at radius 1 is 0.912 bits per heavy atom. The summed E-state index contributed by atoms with van der Waals surface area (Å²) in [7, 11) is 2.13. The number of non-ortho nitro benzene ring substituents is 2. The van der Waals surface area contributed by atoms with Gasteiger partial charge in [0.05, 0.1) is 9.85 Å². The van der Waals surface area contributed by atoms with Crippen LogP contribution in [0.5, 0.6) is 0 Å². The van der Waals surface area contributed by atoms with Crippen LogP contribution in [-0.2, 0) is 6.42 Å². The van der Waals surface area contributed by atoms with Gasteiger partial charge in [-0.05, 0) is 44.1 Å². The molecule has 0 bridgehead atoms. The van der Waals surface area contributed by atoms with Gasteiger partial charge in [0.25, 0.3) is 11.4 Å². The Morgan fingerprint density at radius 3 is 2.12 bits per heavy atom. The van der Waals surface area contributed by atoms with Crippen LogP contribution in [0.1, 0.15) is 22.3 Å². The molecule has 1 saturated heterocycles. The van der Waals surface area contributed by atoms with Gasteiger partial charge in [-0.1, -0.05) is 0 Å². The monoisotopic (exact) mass is 504 g/mol. The number of aldehydes is 1. The minimum absolute atomic E-state index is 0.104. The lowest BCUT2D eigenvalue weighted by atomic mass is 10.1. The molecule has 0 aliphatic carbocycles. The van der Waals surface area contributed by atoms with Crippen LogP contribution >= 0.6 is 23.5 Å². The third kappa shape index (κ3) is 7.52. The highest BCUT2D eigenvalue weighted by Gasteiger charge is 2.16. The molecule has 34 heavy (non-hydrogen) atoms. The zero-order valence-corrected chi connectivity index (χ0v) is 20.7. The van der Waals surface area contributed by atoms with Crippen molar-refractivity contribution in [3.8, 4) is 0 Å². The molecule has 0 amide bonds. The smallest absolute Gasteiger partial charge is 0.270 e. The molecular weight excluding hydrogens is 476 g/mol. The normalized spacial score (nSPS) is 14.7. The number of thioether (sulfide) groups is 2. The van der Waals surface area contributed by atoms with Crippen molar-refractivity contribution < 1.29 is 14.6 Å². The Hall–Kier alpha value is -2.47. The van der Waals surface area contributed by atoms with E-state index in [2.05, 4.69) is 16.8 Å². The van der Waals surface area contributed by atoms with Crippen molar-refractivity contribution in [3.63, 3.8) is 0 Å². The van der Waals surface area contributed by atoms with E-state index < -0.39 is 4.92 Å². The summed E-state index contributed by atoms with van der Waals surface area (Å²) in [5.74, 6) is 1.43. The number of hydrogen-bond donors (Lipinski definition) is 0. The van der Waals surface area contributed by atoms with Crippen LogP contribution in [0.3, 0.4) is 0 Å². The van der Waals surface area contributed by atoms with Gasteiger partial charge < -0.3 is 9.80 Å². The fourth-order valence-corrected chi connectivity index (χ4v) is 5.81. The van der Waals surface area contributed by atoms with Gasteiger partial charge in [-0.25, -0.2) is 0 Å². The first-order chi connectivity index (χ1) is 16.4. The van der Waals surface area contributed by atoms with Gasteiger partial charge in [-0.2, -0.15) is 0 Å². The zero-order chi connectivity index (χ0) is 24.5. The minimum Gasteiger partial charge on any atom is -0.304 e. The van der Waals surface area contributed by atoms with Crippen LogP contribution in [-0.4, -0.2) is 77.2 Å². The van der Waals surface area contributed by atoms with Crippen molar-refractivity contribution in [2.75, 3.05) is 51.3 Å². The second-order valence-corrected chi connectivity index (χ2v) is 10.4. The highest BCUT2D eigenvalue weighted by atomic mass is 32.2. The molecule has 2 aromatic rings. The number of carbonyl (C=O) groups is 1. The van der Waals surface area contributed by atoms with E-state index in [4.69, 9.17) is 0 Å². The van der Waals surface area contributed by atoms with E-state index >= 15 is 0 Å². The molecule has 1 aliphatic heterocycles. The highest BCUT2D eigenvalue weighted by Crippen LogP contribution is 2.31. The summed E-state index contributed by atoms with van der Waals surface area (Å²) in [5.41, 5.74) is 1.30. The van der Waals surface area contributed by atoms with Gasteiger partial charge in [0, 0.05) is 77.3 Å². The largest absolute Gasteiger partial charge is 0.304 e. The molecule has 1 heterocycles. The van der Waals surface area contributed by atoms with Crippen molar-refractivity contribution in [2.45, 2.75) is 22.6 Å². The molecule has 11 heteroatoms. The molecule has 2 aromatic carbocycles. The van der Waals surface area contributed by atoms with Crippen LogP contribution < -0.4 is 0 Å². The number of hydrogen-bond acceptors (Lipinski definition) is 9. The van der Waals surface area contributed by atoms with Crippen LogP contribution in [0.15, 0.2) is 46.2 Å². The van der Waals surface area contributed by atoms with Crippen LogP contribution in [0, 0.1) is 20.2 Å². The van der Waals surface area contributed by atoms with E-state index in [0.29, 0.717) is 22.5 Å². The number of nitro benzene ring substituents is 2. The van der Waals surface area contributed by atoms with E-state index in [9.17, 15) is 25.0 Å². The molecule has 182 valence electrons. The van der Waals surface area contributed by atoms with E-state index in [0.717, 1.165) is 61.8 Å². The highest BCUT2D eigenvalue weighted by molar-refractivity contribution is 8.03. The number of aryl methyl sites for hydroxylation is 1. The van der Waals surface area contributed by atoms with Gasteiger partial charge in [0.1, 0.15) is 0 Å². The Balaban J connectivity index is 1.56. The predicted molar refractivity (Wildman–Crippen MR) is 135 cm³/mol. The average Bonchev–Trinajstić information content (AvgIpc) is 2.83. The quantitative estimate of drug-likeness (QED) is 0.137. The molecule has 9 nitrogen and oxygen atoms in total. The molecule has 1 aliphatic rings. The second-order valence-electron chi connectivity index (χ2n) is 8.09. The maximum Gasteiger partial charge on any atom is 0.270 e. The van der Waals surface area contributed by atoms with Gasteiger partial charge in [0.15, 0.2) is 6.29 Å². The Labute approximate surface area is 207 Å². The second kappa shape index (κ2) is 12.8. The summed E-state index contributed by atoms with van der Waals surface area (Å²) in [6.45, 7) is 5.21. The Bertz CT molecular complexity index is 1030. The number of rotatable bonds is 12. The summed E-state index contributed by atoms with van der Waals surface area (Å²) in [6, 6.07) is 9.34. The third-order valence-electron chi connectivity index (χ3n) is 5.70. The summed E-state index contributed by atoms with van der Waals surface area (Å²) in [5, 5.41) is 22.2. The summed E-state index contributed by atoms with van der Waals surface area (Å²) in [6.07, 6.45) is 2.36. The maximum absolute atomic E-state index is 11.3. The zero-order valence-electron chi connectivity index (χ0n) is 19.1. The maximum atomic E-state index is 11.3. The lowest BCUT2D eigenvalue weighted by Crippen LogP contribution is -2.44. The lowest BCUT2D eigenvalue weighted by Gasteiger charge is -2.32. The van der Waals surface area contributed by atoms with Crippen molar-refractivity contribution in [1.82, 2.24) is 9.80 Å². The average molecular weight is 505 g/mol. The number of nitrogens with zero attached hydrogens (tertiary/aromatic N) is 4. The molecule has 0 aromatic heterocycles. The predicted octanol–water partition coefficient (Wildman–Crippen LogP) is 4.38. The summed E-state index contributed by atoms with van der Waals surface area (Å²) < 4.78 is 0. The van der Waals surface area contributed by atoms with Gasteiger partial charge >= 0.3 is 0 Å². The molecule has 0 atom stereocenters. The summed E-state index contributed by atoms with van der Waals surface area (Å²) >= 11 is 3.10. The molecule has 3 rings (SSSR count). The van der Waals surface area contributed by atoms with Crippen LogP contribution in [0.25, 0.3) is 0 Å². The fourth-order valence-electron chi connectivity index (χ4n) is 3.76. The number of piperazine rings is 1. The van der Waals surface area contributed by atoms with Crippen LogP contribution in [0.2, 0.25) is 0 Å². The van der Waals surface area contributed by atoms with E-state index in [-0.39, 0.29) is 16.3 Å². The van der Waals surface area contributed by atoms with Gasteiger partial charge in [-0.15, -0.1) is 23.5 Å². The first-order valence-electron chi connectivity index (χ1n) is 11.0. The van der Waals surface area contributed by atoms with Crippen molar-refractivity contribution in [3.05, 3.63) is 67.8 Å². The molecule has 0 N–H and O–H groups in total. The van der Waals surface area contributed by atoms with Crippen molar-refractivity contribution in [1.29, 1.82) is 0 Å². The fraction of sp³-hybridized carbons (Fsp3) is 0.435. The molecule has 0 saturated carbocycles. The molecular formula is C23H28N4O5S2. The van der Waals surface area contributed by atoms with E-state index in [1.165, 1.54) is 23.9 Å². The Kier molecular flexibility index (Phi) is 9.87. The molecule has 0 radical (unpaired) electrons.